The maximum absolute atomic E-state index is 12.4. The Bertz CT molecular complexity index is 625. The lowest BCUT2D eigenvalue weighted by atomic mass is 10.1. The van der Waals surface area contributed by atoms with E-state index in [0.29, 0.717) is 18.7 Å². The highest BCUT2D eigenvalue weighted by Gasteiger charge is 2.31. The Hall–Kier alpha value is -2.34. The van der Waals surface area contributed by atoms with E-state index >= 15 is 0 Å². The maximum atomic E-state index is 12.4. The zero-order chi connectivity index (χ0) is 22.0. The number of thioether (sulfide) groups is 1. The van der Waals surface area contributed by atoms with E-state index in [9.17, 15) is 29.1 Å². The fourth-order valence-corrected chi connectivity index (χ4v) is 3.21. The van der Waals surface area contributed by atoms with Gasteiger partial charge in [0.2, 0.25) is 17.7 Å². The Morgan fingerprint density at radius 1 is 1.07 bits per heavy atom. The van der Waals surface area contributed by atoms with Gasteiger partial charge in [0.25, 0.3) is 0 Å². The van der Waals surface area contributed by atoms with Crippen LogP contribution in [0.4, 0.5) is 0 Å². The summed E-state index contributed by atoms with van der Waals surface area (Å²) in [5, 5.41) is 28.2. The molecule has 4 unspecified atom stereocenters. The number of carbonyl (C=O) groups excluding carboxylic acids is 3. The largest absolute Gasteiger partial charge is 0.481 e. The van der Waals surface area contributed by atoms with Gasteiger partial charge in [-0.05, 0) is 44.7 Å². The summed E-state index contributed by atoms with van der Waals surface area (Å²) in [5.41, 5.74) is 0. The van der Waals surface area contributed by atoms with Crippen molar-refractivity contribution in [3.8, 4) is 0 Å². The van der Waals surface area contributed by atoms with Crippen molar-refractivity contribution in [3.63, 3.8) is 0 Å². The van der Waals surface area contributed by atoms with Crippen molar-refractivity contribution in [2.24, 2.45) is 0 Å². The molecule has 1 fully saturated rings. The third-order valence-corrected chi connectivity index (χ3v) is 5.01. The summed E-state index contributed by atoms with van der Waals surface area (Å²) in [7, 11) is 0. The number of aliphatic carboxylic acids is 2. The van der Waals surface area contributed by atoms with Crippen LogP contribution < -0.4 is 21.3 Å². The van der Waals surface area contributed by atoms with Gasteiger partial charge in [0.1, 0.15) is 18.1 Å². The van der Waals surface area contributed by atoms with Crippen molar-refractivity contribution < 1.29 is 34.2 Å². The van der Waals surface area contributed by atoms with Crippen LogP contribution in [-0.4, -0.2) is 82.6 Å². The fourth-order valence-electron chi connectivity index (χ4n) is 2.73. The lowest BCUT2D eigenvalue weighted by Gasteiger charge is -2.22. The molecule has 1 saturated heterocycles. The van der Waals surface area contributed by atoms with Crippen LogP contribution in [0.5, 0.6) is 0 Å². The lowest BCUT2D eigenvalue weighted by Crippen LogP contribution is -2.56. The number of carbonyl (C=O) groups is 5. The smallest absolute Gasteiger partial charge is 0.326 e. The minimum Gasteiger partial charge on any atom is -0.481 e. The number of rotatable bonds is 12. The van der Waals surface area contributed by atoms with Gasteiger partial charge in [-0.2, -0.15) is 11.8 Å². The van der Waals surface area contributed by atoms with Crippen LogP contribution in [0, 0.1) is 0 Å². The number of amides is 3. The molecule has 0 aliphatic carbocycles. The van der Waals surface area contributed by atoms with E-state index in [1.807, 2.05) is 6.26 Å². The molecule has 6 N–H and O–H groups in total. The summed E-state index contributed by atoms with van der Waals surface area (Å²) >= 11 is 1.43. The first-order valence-electron chi connectivity index (χ1n) is 9.23. The standard InChI is InChI=1S/C17H28N4O7S/c1-9(14(24)20-11(17(27)28)5-7-29-2)19-16(26)12(8-13(22)23)21-15(25)10-4-3-6-18-10/h9-12,18H,3-8H2,1-2H3,(H,19,26)(H,20,24)(H,21,25)(H,22,23)(H,27,28). The lowest BCUT2D eigenvalue weighted by molar-refractivity contribution is -0.143. The number of carboxylic acids is 2. The molecule has 3 amide bonds. The molecular weight excluding hydrogens is 404 g/mol. The van der Waals surface area contributed by atoms with Crippen molar-refractivity contribution in [2.45, 2.75) is 56.8 Å². The highest BCUT2D eigenvalue weighted by atomic mass is 32.2. The molecular formula is C17H28N4O7S. The molecule has 0 aromatic rings. The molecule has 1 aliphatic rings. The van der Waals surface area contributed by atoms with Crippen molar-refractivity contribution in [3.05, 3.63) is 0 Å². The van der Waals surface area contributed by atoms with Crippen molar-refractivity contribution >= 4 is 41.4 Å². The van der Waals surface area contributed by atoms with Gasteiger partial charge in [0.15, 0.2) is 0 Å². The fraction of sp³-hybridized carbons (Fsp3) is 0.706. The van der Waals surface area contributed by atoms with E-state index in [2.05, 4.69) is 21.3 Å². The van der Waals surface area contributed by atoms with Gasteiger partial charge in [-0.3, -0.25) is 19.2 Å². The van der Waals surface area contributed by atoms with Gasteiger partial charge in [-0.1, -0.05) is 0 Å². The predicted octanol–water partition coefficient (Wildman–Crippen LogP) is -1.47. The number of hydrogen-bond donors (Lipinski definition) is 6. The summed E-state index contributed by atoms with van der Waals surface area (Å²) < 4.78 is 0. The minimum atomic E-state index is -1.36. The van der Waals surface area contributed by atoms with E-state index in [4.69, 9.17) is 5.11 Å². The van der Waals surface area contributed by atoms with E-state index < -0.39 is 60.2 Å². The van der Waals surface area contributed by atoms with Crippen LogP contribution in [0.25, 0.3) is 0 Å². The molecule has 12 heteroatoms. The van der Waals surface area contributed by atoms with Gasteiger partial charge in [0, 0.05) is 0 Å². The molecule has 0 bridgehead atoms. The topological polar surface area (TPSA) is 174 Å². The molecule has 0 aromatic heterocycles. The Kier molecular flexibility index (Phi) is 10.5. The summed E-state index contributed by atoms with van der Waals surface area (Å²) in [6, 6.07) is -4.06. The molecule has 0 saturated carbocycles. The highest BCUT2D eigenvalue weighted by Crippen LogP contribution is 2.06. The quantitative estimate of drug-likeness (QED) is 0.215. The van der Waals surface area contributed by atoms with Crippen LogP contribution in [0.3, 0.4) is 0 Å². The Morgan fingerprint density at radius 2 is 1.76 bits per heavy atom. The second kappa shape index (κ2) is 12.3. The van der Waals surface area contributed by atoms with Gasteiger partial charge >= 0.3 is 11.9 Å². The van der Waals surface area contributed by atoms with Crippen LogP contribution in [0.1, 0.15) is 32.6 Å². The summed E-state index contributed by atoms with van der Waals surface area (Å²) in [6.45, 7) is 2.01. The first kappa shape index (κ1) is 24.7. The summed E-state index contributed by atoms with van der Waals surface area (Å²) in [5.74, 6) is -3.98. The van der Waals surface area contributed by atoms with E-state index in [-0.39, 0.29) is 6.42 Å². The van der Waals surface area contributed by atoms with Crippen LogP contribution in [0.15, 0.2) is 0 Å². The predicted molar refractivity (Wildman–Crippen MR) is 105 cm³/mol. The van der Waals surface area contributed by atoms with Gasteiger partial charge < -0.3 is 31.5 Å². The molecule has 4 atom stereocenters. The van der Waals surface area contributed by atoms with Crippen molar-refractivity contribution in [1.29, 1.82) is 0 Å². The average molecular weight is 432 g/mol. The molecule has 11 nitrogen and oxygen atoms in total. The first-order chi connectivity index (χ1) is 13.6. The SMILES string of the molecule is CSCCC(NC(=O)C(C)NC(=O)C(CC(=O)O)NC(=O)C1CCCN1)C(=O)O. The summed E-state index contributed by atoms with van der Waals surface area (Å²) in [6.07, 6.45) is 2.76. The summed E-state index contributed by atoms with van der Waals surface area (Å²) in [4.78, 5) is 59.1. The molecule has 1 rings (SSSR count). The molecule has 1 aliphatic heterocycles. The van der Waals surface area contributed by atoms with Crippen LogP contribution >= 0.6 is 11.8 Å². The van der Waals surface area contributed by atoms with Crippen molar-refractivity contribution in [2.75, 3.05) is 18.6 Å². The molecule has 0 spiro atoms. The Labute approximate surface area is 172 Å². The Balaban J connectivity index is 2.68. The second-order valence-electron chi connectivity index (χ2n) is 6.72. The highest BCUT2D eigenvalue weighted by molar-refractivity contribution is 7.98. The first-order valence-corrected chi connectivity index (χ1v) is 10.6. The average Bonchev–Trinajstić information content (AvgIpc) is 3.18. The molecule has 0 aromatic carbocycles. The number of nitrogens with one attached hydrogen (secondary N) is 4. The normalized spacial score (nSPS) is 18.9. The van der Waals surface area contributed by atoms with E-state index in [0.717, 1.165) is 6.42 Å². The third-order valence-electron chi connectivity index (χ3n) is 4.37. The molecule has 0 radical (unpaired) electrons. The van der Waals surface area contributed by atoms with Crippen LogP contribution in [-0.2, 0) is 24.0 Å². The minimum absolute atomic E-state index is 0.217. The monoisotopic (exact) mass is 432 g/mol. The zero-order valence-electron chi connectivity index (χ0n) is 16.4. The number of hydrogen-bond acceptors (Lipinski definition) is 7. The van der Waals surface area contributed by atoms with Gasteiger partial charge in [0.05, 0.1) is 12.5 Å². The van der Waals surface area contributed by atoms with Crippen molar-refractivity contribution in [1.82, 2.24) is 21.3 Å². The molecule has 1 heterocycles. The van der Waals surface area contributed by atoms with Gasteiger partial charge in [-0.25, -0.2) is 4.79 Å². The van der Waals surface area contributed by atoms with E-state index in [1.165, 1.54) is 18.7 Å². The molecule has 29 heavy (non-hydrogen) atoms. The number of carboxylic acid groups (broad SMARTS) is 2. The molecule has 164 valence electrons. The van der Waals surface area contributed by atoms with Crippen LogP contribution in [0.2, 0.25) is 0 Å². The maximum Gasteiger partial charge on any atom is 0.326 e. The third kappa shape index (κ3) is 8.69. The van der Waals surface area contributed by atoms with E-state index in [1.54, 1.807) is 0 Å². The zero-order valence-corrected chi connectivity index (χ0v) is 17.2. The Morgan fingerprint density at radius 3 is 2.28 bits per heavy atom. The van der Waals surface area contributed by atoms with Gasteiger partial charge in [-0.15, -0.1) is 0 Å². The second-order valence-corrected chi connectivity index (χ2v) is 7.70.